The van der Waals surface area contributed by atoms with Crippen molar-refractivity contribution in [2.75, 3.05) is 13.2 Å². The number of esters is 4. The lowest BCUT2D eigenvalue weighted by molar-refractivity contribution is -0.304. The van der Waals surface area contributed by atoms with Crippen LogP contribution in [-0.2, 0) is 43.6 Å². The highest BCUT2D eigenvalue weighted by atomic mass is 16.7. The first kappa shape index (κ1) is 68.9. The third-order valence-corrected chi connectivity index (χ3v) is 19.8. The number of carbonyl (C=O) groups excluding carboxylic acids is 5. The second kappa shape index (κ2) is 34.4. The number of rotatable bonds is 34. The monoisotopic (exact) mass is 1300 g/mol. The standard InChI is InChI=1S/C83H93NO12/c1-2-3-4-5-6-7-8-9-10-11-12-13-35-50-71(92-77(86)63-36-21-14-22-37-63)70(84-73(85)57-82-54-60-51-61(55-82)53-62(52-60)56-82)58-90-81-76(96-80(89)66-42-27-17-28-43-66)75(95-79(88)65-40-25-16-26-41-65)74(94-78(87)64-38-23-15-24-39-64)72(93-81)59-91-83(67-44-29-18-30-45-67,68-46-31-19-32-47-68)69-48-33-20-34-49-69/h14-50,60-62,70-72,74-76,81H,2-13,51-59H2,1H3,(H,84,85)/b50-35+/t60?,61?,62?,70-,71+,72+,74-,75-,76+,81+,82?/m0/s1. The normalized spacial score (nSPS) is 22.6. The third-order valence-electron chi connectivity index (χ3n) is 19.8. The van der Waals surface area contributed by atoms with E-state index in [-0.39, 0.29) is 41.2 Å². The quantitative estimate of drug-likeness (QED) is 0.0134. The molecule has 1 amide bonds. The van der Waals surface area contributed by atoms with Gasteiger partial charge in [0, 0.05) is 6.42 Å². The first-order valence-electron chi connectivity index (χ1n) is 35.1. The number of hydrogen-bond donors (Lipinski definition) is 1. The fraction of sp³-hybridized carbons (Fsp3) is 0.410. The van der Waals surface area contributed by atoms with Crippen LogP contribution in [0.3, 0.4) is 0 Å². The molecule has 502 valence electrons. The molecule has 1 N–H and O–H groups in total. The molecular weight excluding hydrogens is 1200 g/mol. The second-order valence-corrected chi connectivity index (χ2v) is 26.9. The third kappa shape index (κ3) is 18.1. The molecule has 0 aromatic heterocycles. The van der Waals surface area contributed by atoms with E-state index >= 15 is 4.79 Å². The molecule has 7 aromatic carbocycles. The zero-order valence-corrected chi connectivity index (χ0v) is 55.4. The van der Waals surface area contributed by atoms with Gasteiger partial charge in [0.1, 0.15) is 17.8 Å². The van der Waals surface area contributed by atoms with Crippen LogP contribution in [0, 0.1) is 23.2 Å². The van der Waals surface area contributed by atoms with Gasteiger partial charge in [0.05, 0.1) is 41.5 Å². The maximum Gasteiger partial charge on any atom is 0.338 e. The number of unbranched alkanes of at least 4 members (excludes halogenated alkanes) is 11. The molecule has 0 unspecified atom stereocenters. The molecule has 96 heavy (non-hydrogen) atoms. The minimum absolute atomic E-state index is 0.154. The van der Waals surface area contributed by atoms with E-state index in [1.807, 2.05) is 109 Å². The van der Waals surface area contributed by atoms with Crippen LogP contribution in [0.2, 0.25) is 0 Å². The van der Waals surface area contributed by atoms with E-state index in [4.69, 9.17) is 33.2 Å². The minimum Gasteiger partial charge on any atom is -0.452 e. The van der Waals surface area contributed by atoms with E-state index in [0.717, 1.165) is 55.2 Å². The Labute approximate surface area is 566 Å². The topological polar surface area (TPSA) is 162 Å². The number of allylic oxidation sites excluding steroid dienone is 1. The van der Waals surface area contributed by atoms with Gasteiger partial charge in [0.2, 0.25) is 5.91 Å². The summed E-state index contributed by atoms with van der Waals surface area (Å²) in [5.74, 6) is -1.45. The Morgan fingerprint density at radius 1 is 0.490 bits per heavy atom. The van der Waals surface area contributed by atoms with Crippen molar-refractivity contribution in [1.82, 2.24) is 5.32 Å². The molecule has 0 spiro atoms. The van der Waals surface area contributed by atoms with Gasteiger partial charge in [-0.1, -0.05) is 241 Å². The van der Waals surface area contributed by atoms with Crippen molar-refractivity contribution in [3.63, 3.8) is 0 Å². The molecule has 13 nitrogen and oxygen atoms in total. The Morgan fingerprint density at radius 2 is 0.875 bits per heavy atom. The van der Waals surface area contributed by atoms with Gasteiger partial charge in [-0.05, 0) is 146 Å². The minimum atomic E-state index is -1.68. The Balaban J connectivity index is 0.982. The average molecular weight is 1300 g/mol. The first-order valence-corrected chi connectivity index (χ1v) is 35.1. The Hall–Kier alpha value is -8.49. The van der Waals surface area contributed by atoms with Crippen molar-refractivity contribution in [2.45, 2.75) is 177 Å². The van der Waals surface area contributed by atoms with Gasteiger partial charge in [0.15, 0.2) is 24.6 Å². The van der Waals surface area contributed by atoms with Crippen molar-refractivity contribution < 1.29 is 57.1 Å². The molecule has 7 atom stereocenters. The molecular formula is C83H93NO12. The van der Waals surface area contributed by atoms with E-state index in [2.05, 4.69) is 12.2 Å². The van der Waals surface area contributed by atoms with Crippen molar-refractivity contribution in [3.05, 3.63) is 263 Å². The molecule has 12 rings (SSSR count). The molecule has 7 aromatic rings. The lowest BCUT2D eigenvalue weighted by Crippen LogP contribution is -2.64. The van der Waals surface area contributed by atoms with E-state index < -0.39 is 72.3 Å². The summed E-state index contributed by atoms with van der Waals surface area (Å²) in [7, 11) is 0. The molecule has 4 saturated carbocycles. The summed E-state index contributed by atoms with van der Waals surface area (Å²) in [4.78, 5) is 74.3. The summed E-state index contributed by atoms with van der Waals surface area (Å²) < 4.78 is 48.3. The highest BCUT2D eigenvalue weighted by molar-refractivity contribution is 5.92. The predicted molar refractivity (Wildman–Crippen MR) is 370 cm³/mol. The number of carbonyl (C=O) groups is 5. The summed E-state index contributed by atoms with van der Waals surface area (Å²) >= 11 is 0. The van der Waals surface area contributed by atoms with Gasteiger partial charge in [-0.2, -0.15) is 0 Å². The zero-order valence-electron chi connectivity index (χ0n) is 55.4. The second-order valence-electron chi connectivity index (χ2n) is 26.9. The van der Waals surface area contributed by atoms with E-state index in [1.54, 1.807) is 115 Å². The molecule has 5 fully saturated rings. The van der Waals surface area contributed by atoms with Crippen LogP contribution >= 0.6 is 0 Å². The molecule has 4 bridgehead atoms. The molecule has 1 saturated heterocycles. The fourth-order valence-electron chi connectivity index (χ4n) is 15.5. The maximum atomic E-state index is 15.2. The van der Waals surface area contributed by atoms with Crippen LogP contribution in [0.1, 0.15) is 187 Å². The van der Waals surface area contributed by atoms with Crippen LogP contribution in [0.5, 0.6) is 0 Å². The van der Waals surface area contributed by atoms with Gasteiger partial charge in [0.25, 0.3) is 0 Å². The van der Waals surface area contributed by atoms with Gasteiger partial charge >= 0.3 is 23.9 Å². The van der Waals surface area contributed by atoms with E-state index in [1.165, 1.54) is 70.6 Å². The summed E-state index contributed by atoms with van der Waals surface area (Å²) in [6, 6.07) is 62.1. The summed E-state index contributed by atoms with van der Waals surface area (Å²) in [6.07, 6.45) is 15.6. The molecule has 4 aliphatic carbocycles. The van der Waals surface area contributed by atoms with Crippen LogP contribution < -0.4 is 5.32 Å². The van der Waals surface area contributed by atoms with E-state index in [9.17, 15) is 19.2 Å². The highest BCUT2D eigenvalue weighted by Crippen LogP contribution is 2.61. The number of ether oxygens (including phenoxy) is 7. The Bertz CT molecular complexity index is 3440. The Morgan fingerprint density at radius 3 is 1.31 bits per heavy atom. The van der Waals surface area contributed by atoms with Crippen LogP contribution in [0.25, 0.3) is 0 Å². The van der Waals surface area contributed by atoms with Crippen LogP contribution in [0.4, 0.5) is 0 Å². The lowest BCUT2D eigenvalue weighted by Gasteiger charge is -2.56. The smallest absolute Gasteiger partial charge is 0.338 e. The fourth-order valence-corrected chi connectivity index (χ4v) is 15.5. The summed E-state index contributed by atoms with van der Waals surface area (Å²) in [5, 5.41) is 3.36. The Kier molecular flexibility index (Phi) is 24.7. The molecule has 13 heteroatoms. The summed E-state index contributed by atoms with van der Waals surface area (Å²) in [5.41, 5.74) is 1.65. The van der Waals surface area contributed by atoms with Crippen molar-refractivity contribution in [2.24, 2.45) is 23.2 Å². The highest BCUT2D eigenvalue weighted by Gasteiger charge is 2.55. The maximum absolute atomic E-state index is 15.2. The molecule has 0 radical (unpaired) electrons. The van der Waals surface area contributed by atoms with Crippen molar-refractivity contribution >= 4 is 29.8 Å². The number of hydrogen-bond acceptors (Lipinski definition) is 12. The lowest BCUT2D eigenvalue weighted by atomic mass is 9.49. The SMILES string of the molecule is CCCCCCCCCCCCC/C=C/[C@@H](OC(=O)c1ccccc1)[C@H](CO[C@@H]1O[C@H](COC(c2ccccc2)(c2ccccc2)c2ccccc2)[C@H](OC(=O)c2ccccc2)[C@H](OC(=O)c2ccccc2)[C@H]1OC(=O)c1ccccc1)NC(=O)CC12CC3CC(CC(C3)C1)C2. The van der Waals surface area contributed by atoms with Gasteiger partial charge in [-0.25, -0.2) is 19.2 Å². The van der Waals surface area contributed by atoms with Crippen molar-refractivity contribution in [3.8, 4) is 0 Å². The largest absolute Gasteiger partial charge is 0.452 e. The zero-order chi connectivity index (χ0) is 66.4. The number of benzene rings is 7. The van der Waals surface area contributed by atoms with Crippen LogP contribution in [0.15, 0.2) is 224 Å². The van der Waals surface area contributed by atoms with Gasteiger partial charge in [-0.3, -0.25) is 4.79 Å². The molecule has 5 aliphatic rings. The average Bonchev–Trinajstić information content (AvgIpc) is 0.765. The van der Waals surface area contributed by atoms with E-state index in [0.29, 0.717) is 36.2 Å². The predicted octanol–water partition coefficient (Wildman–Crippen LogP) is 17.0. The first-order chi connectivity index (χ1) is 47.1. The van der Waals surface area contributed by atoms with Crippen molar-refractivity contribution in [1.29, 1.82) is 0 Å². The molecule has 1 heterocycles. The van der Waals surface area contributed by atoms with Gasteiger partial charge < -0.3 is 38.5 Å². The van der Waals surface area contributed by atoms with Gasteiger partial charge in [-0.15, -0.1) is 0 Å². The number of nitrogens with one attached hydrogen (secondary N) is 1. The number of amides is 1. The molecule has 1 aliphatic heterocycles. The summed E-state index contributed by atoms with van der Waals surface area (Å²) in [6.45, 7) is 1.51. The van der Waals surface area contributed by atoms with Crippen LogP contribution in [-0.4, -0.2) is 85.8 Å².